The first-order valence-electron chi connectivity index (χ1n) is 6.52. The Morgan fingerprint density at radius 2 is 2.21 bits per heavy atom. The summed E-state index contributed by atoms with van der Waals surface area (Å²) in [5.74, 6) is 0. The Morgan fingerprint density at radius 1 is 1.47 bits per heavy atom. The minimum atomic E-state index is 0.123. The van der Waals surface area contributed by atoms with Gasteiger partial charge in [-0.3, -0.25) is 4.68 Å². The highest BCUT2D eigenvalue weighted by atomic mass is 35.5. The molecule has 0 amide bonds. The number of hydrogen-bond acceptors (Lipinski definition) is 3. The van der Waals surface area contributed by atoms with Crippen molar-refractivity contribution in [2.24, 2.45) is 7.05 Å². The number of nitrogens with zero attached hydrogens (tertiary/aromatic N) is 2. The molecule has 104 valence electrons. The molecule has 0 aliphatic rings. The van der Waals surface area contributed by atoms with Crippen molar-refractivity contribution in [2.75, 3.05) is 6.54 Å². The molecule has 1 unspecified atom stereocenters. The molecule has 0 saturated heterocycles. The number of hydrogen-bond donors (Lipinski definition) is 1. The van der Waals surface area contributed by atoms with Crippen LogP contribution >= 0.6 is 22.9 Å². The summed E-state index contributed by atoms with van der Waals surface area (Å²) in [6.45, 7) is 7.43. The molecule has 1 N–H and O–H groups in total. The fourth-order valence-corrected chi connectivity index (χ4v) is 3.51. The highest BCUT2D eigenvalue weighted by Gasteiger charge is 2.22. The molecular weight excluding hydrogens is 278 g/mol. The van der Waals surface area contributed by atoms with Crippen molar-refractivity contribution < 1.29 is 0 Å². The van der Waals surface area contributed by atoms with Gasteiger partial charge in [-0.15, -0.1) is 11.3 Å². The summed E-state index contributed by atoms with van der Waals surface area (Å²) in [6, 6.07) is 2.37. The quantitative estimate of drug-likeness (QED) is 0.909. The van der Waals surface area contributed by atoms with Gasteiger partial charge in [0, 0.05) is 16.8 Å². The third-order valence-electron chi connectivity index (χ3n) is 3.28. The lowest BCUT2D eigenvalue weighted by Gasteiger charge is -2.18. The van der Waals surface area contributed by atoms with E-state index in [2.05, 4.69) is 37.3 Å². The van der Waals surface area contributed by atoms with Crippen LogP contribution in [0.15, 0.2) is 12.3 Å². The lowest BCUT2D eigenvalue weighted by atomic mass is 10.1. The van der Waals surface area contributed by atoms with E-state index in [9.17, 15) is 0 Å². The molecule has 19 heavy (non-hydrogen) atoms. The first-order chi connectivity index (χ1) is 9.04. The second-order valence-electron chi connectivity index (χ2n) is 4.78. The summed E-state index contributed by atoms with van der Waals surface area (Å²) < 4.78 is 1.86. The van der Waals surface area contributed by atoms with E-state index in [-0.39, 0.29) is 6.04 Å². The zero-order valence-electron chi connectivity index (χ0n) is 11.8. The molecule has 1 atom stereocenters. The summed E-state index contributed by atoms with van der Waals surface area (Å²) in [5.41, 5.74) is 2.37. The fourth-order valence-electron chi connectivity index (χ4n) is 2.11. The Labute approximate surface area is 123 Å². The summed E-state index contributed by atoms with van der Waals surface area (Å²) in [7, 11) is 1.94. The highest BCUT2D eigenvalue weighted by Crippen LogP contribution is 2.33. The van der Waals surface area contributed by atoms with E-state index in [4.69, 9.17) is 11.6 Å². The summed E-state index contributed by atoms with van der Waals surface area (Å²) in [6.07, 6.45) is 2.81. The lowest BCUT2D eigenvalue weighted by Crippen LogP contribution is -2.24. The van der Waals surface area contributed by atoms with Crippen molar-refractivity contribution in [3.8, 4) is 0 Å². The molecule has 5 heteroatoms. The molecule has 0 radical (unpaired) electrons. The van der Waals surface area contributed by atoms with Crippen molar-refractivity contribution in [1.29, 1.82) is 0 Å². The van der Waals surface area contributed by atoms with E-state index in [0.717, 1.165) is 23.7 Å². The van der Waals surface area contributed by atoms with Crippen LogP contribution in [0, 0.1) is 13.8 Å². The average molecular weight is 298 g/mol. The third-order valence-corrected chi connectivity index (χ3v) is 4.79. The molecule has 2 aromatic rings. The van der Waals surface area contributed by atoms with E-state index in [1.54, 1.807) is 6.20 Å². The van der Waals surface area contributed by atoms with E-state index < -0.39 is 0 Å². The topological polar surface area (TPSA) is 29.9 Å². The van der Waals surface area contributed by atoms with Gasteiger partial charge in [0.2, 0.25) is 0 Å². The number of thiophene rings is 1. The molecule has 0 spiro atoms. The number of rotatable bonds is 5. The van der Waals surface area contributed by atoms with Crippen molar-refractivity contribution in [3.05, 3.63) is 38.3 Å². The number of aryl methyl sites for hydroxylation is 3. The standard InChI is InChI=1S/C14H20ClN3S/c1-5-6-16-13(12-7-9(2)10(3)19-12)14-11(15)8-17-18(14)4/h7-8,13,16H,5-6H2,1-4H3. The summed E-state index contributed by atoms with van der Waals surface area (Å²) >= 11 is 8.12. The second kappa shape index (κ2) is 6.07. The largest absolute Gasteiger partial charge is 0.304 e. The molecule has 2 aromatic heterocycles. The number of aromatic nitrogens is 2. The normalized spacial score (nSPS) is 12.9. The predicted octanol–water partition coefficient (Wildman–Crippen LogP) is 3.84. The molecule has 0 fully saturated rings. The maximum atomic E-state index is 6.30. The summed E-state index contributed by atoms with van der Waals surface area (Å²) in [5, 5.41) is 8.55. The highest BCUT2D eigenvalue weighted by molar-refractivity contribution is 7.12. The second-order valence-corrected chi connectivity index (χ2v) is 6.47. The predicted molar refractivity (Wildman–Crippen MR) is 82.1 cm³/mol. The van der Waals surface area contributed by atoms with Gasteiger partial charge in [0.15, 0.2) is 0 Å². The Balaban J connectivity index is 2.41. The van der Waals surface area contributed by atoms with E-state index in [1.807, 2.05) is 23.1 Å². The summed E-state index contributed by atoms with van der Waals surface area (Å²) in [4.78, 5) is 2.66. The Morgan fingerprint density at radius 3 is 2.68 bits per heavy atom. The van der Waals surface area contributed by atoms with Crippen LogP contribution in [0.4, 0.5) is 0 Å². The van der Waals surface area contributed by atoms with Crippen LogP contribution < -0.4 is 5.32 Å². The van der Waals surface area contributed by atoms with E-state index in [0.29, 0.717) is 0 Å². The Bertz CT molecular complexity index is 520. The first-order valence-corrected chi connectivity index (χ1v) is 7.71. The van der Waals surface area contributed by atoms with Gasteiger partial charge < -0.3 is 5.32 Å². The van der Waals surface area contributed by atoms with Crippen LogP contribution in [0.5, 0.6) is 0 Å². The van der Waals surface area contributed by atoms with Crippen molar-refractivity contribution in [3.63, 3.8) is 0 Å². The van der Waals surface area contributed by atoms with E-state index in [1.165, 1.54) is 15.3 Å². The van der Waals surface area contributed by atoms with Crippen molar-refractivity contribution in [2.45, 2.75) is 33.2 Å². The van der Waals surface area contributed by atoms with Crippen LogP contribution in [0.25, 0.3) is 0 Å². The van der Waals surface area contributed by atoms with Crippen LogP contribution in [0.3, 0.4) is 0 Å². The fraction of sp³-hybridized carbons (Fsp3) is 0.500. The van der Waals surface area contributed by atoms with Gasteiger partial charge in [0.1, 0.15) is 0 Å². The van der Waals surface area contributed by atoms with E-state index >= 15 is 0 Å². The molecule has 0 aromatic carbocycles. The molecule has 3 nitrogen and oxygen atoms in total. The average Bonchev–Trinajstić information content (AvgIpc) is 2.86. The zero-order valence-corrected chi connectivity index (χ0v) is 13.4. The minimum Gasteiger partial charge on any atom is -0.304 e. The maximum Gasteiger partial charge on any atom is 0.0857 e. The first kappa shape index (κ1) is 14.6. The van der Waals surface area contributed by atoms with Crippen LogP contribution in [0.2, 0.25) is 5.02 Å². The van der Waals surface area contributed by atoms with Crippen molar-refractivity contribution >= 4 is 22.9 Å². The van der Waals surface area contributed by atoms with Crippen molar-refractivity contribution in [1.82, 2.24) is 15.1 Å². The maximum absolute atomic E-state index is 6.30. The van der Waals surface area contributed by atoms with Gasteiger partial charge in [-0.05, 0) is 38.4 Å². The SMILES string of the molecule is CCCNC(c1cc(C)c(C)s1)c1c(Cl)cnn1C. The zero-order chi connectivity index (χ0) is 14.0. The molecule has 0 aliphatic heterocycles. The lowest BCUT2D eigenvalue weighted by molar-refractivity contribution is 0.560. The molecule has 0 saturated carbocycles. The Kier molecular flexibility index (Phi) is 4.66. The molecular formula is C14H20ClN3S. The van der Waals surface area contributed by atoms with Gasteiger partial charge in [-0.2, -0.15) is 5.10 Å². The van der Waals surface area contributed by atoms with Gasteiger partial charge in [0.25, 0.3) is 0 Å². The Hall–Kier alpha value is -0.840. The molecule has 0 aliphatic carbocycles. The van der Waals surface area contributed by atoms with Gasteiger partial charge in [0.05, 0.1) is 23.0 Å². The van der Waals surface area contributed by atoms with Gasteiger partial charge in [-0.25, -0.2) is 0 Å². The van der Waals surface area contributed by atoms with Crippen LogP contribution in [-0.2, 0) is 7.05 Å². The number of nitrogens with one attached hydrogen (secondary N) is 1. The third kappa shape index (κ3) is 3.02. The number of halogens is 1. The smallest absolute Gasteiger partial charge is 0.0857 e. The molecule has 2 heterocycles. The monoisotopic (exact) mass is 297 g/mol. The van der Waals surface area contributed by atoms with Crippen LogP contribution in [-0.4, -0.2) is 16.3 Å². The van der Waals surface area contributed by atoms with Gasteiger partial charge in [-0.1, -0.05) is 18.5 Å². The minimum absolute atomic E-state index is 0.123. The molecule has 2 rings (SSSR count). The molecule has 0 bridgehead atoms. The van der Waals surface area contributed by atoms with Gasteiger partial charge >= 0.3 is 0 Å². The van der Waals surface area contributed by atoms with Crippen LogP contribution in [0.1, 0.15) is 40.4 Å².